The first-order valence-corrected chi connectivity index (χ1v) is 8.80. The van der Waals surface area contributed by atoms with Gasteiger partial charge in [-0.3, -0.25) is 4.79 Å². The van der Waals surface area contributed by atoms with Gasteiger partial charge in [0.1, 0.15) is 17.5 Å². The molecule has 1 saturated heterocycles. The van der Waals surface area contributed by atoms with Crippen molar-refractivity contribution in [3.63, 3.8) is 0 Å². The van der Waals surface area contributed by atoms with Gasteiger partial charge < -0.3 is 14.7 Å². The number of halogens is 2. The molecule has 0 saturated carbocycles. The monoisotopic (exact) mass is 379 g/mol. The number of rotatable bonds is 3. The predicted octanol–water partition coefficient (Wildman–Crippen LogP) is 4.04. The number of hydrogen-bond donors (Lipinski definition) is 1. The second kappa shape index (κ2) is 7.24. The molecule has 0 radical (unpaired) electrons. The molecule has 132 valence electrons. The van der Waals surface area contributed by atoms with Crippen molar-refractivity contribution in [2.75, 3.05) is 13.1 Å². The van der Waals surface area contributed by atoms with Gasteiger partial charge >= 0.3 is 0 Å². The van der Waals surface area contributed by atoms with Gasteiger partial charge in [0, 0.05) is 28.6 Å². The van der Waals surface area contributed by atoms with Crippen LogP contribution in [-0.2, 0) is 0 Å². The van der Waals surface area contributed by atoms with Crippen LogP contribution in [0.15, 0.2) is 48.5 Å². The third-order valence-electron chi connectivity index (χ3n) is 4.30. The number of likely N-dealkylation sites (tertiary alicyclic amines) is 1. The molecule has 1 N–H and O–H groups in total. The molecule has 1 amide bonds. The second-order valence-corrected chi connectivity index (χ2v) is 7.32. The van der Waals surface area contributed by atoms with E-state index in [-0.39, 0.29) is 12.5 Å². The van der Waals surface area contributed by atoms with Crippen LogP contribution in [0.25, 0.3) is 0 Å². The predicted molar refractivity (Wildman–Crippen MR) is 98.5 cm³/mol. The van der Waals surface area contributed by atoms with Gasteiger partial charge in [0.05, 0.1) is 6.54 Å². The zero-order chi connectivity index (χ0) is 18.0. The largest absolute Gasteiger partial charge is 0.487 e. The Kier molecular flexibility index (Phi) is 5.23. The molecule has 0 unspecified atom stereocenters. The highest BCUT2D eigenvalue weighted by molar-refractivity contribution is 6.31. The molecule has 1 heterocycles. The number of aliphatic hydroxyl groups is 1. The van der Waals surface area contributed by atoms with E-state index in [4.69, 9.17) is 27.9 Å². The molecule has 3 rings (SSSR count). The standard InChI is InChI=1S/C19H19Cl2NO3/c1-19(24)12-22(18(23)13-4-2-5-14(20)10-13)9-8-17(19)25-16-7-3-6-15(21)11-16/h2-7,10-11,17,24H,8-9,12H2,1H3/t17-,19-/m0/s1. The van der Waals surface area contributed by atoms with Crippen LogP contribution in [0.4, 0.5) is 0 Å². The Morgan fingerprint density at radius 2 is 1.88 bits per heavy atom. The molecule has 6 heteroatoms. The average Bonchev–Trinajstić information content (AvgIpc) is 2.56. The quantitative estimate of drug-likeness (QED) is 0.875. The summed E-state index contributed by atoms with van der Waals surface area (Å²) in [5.74, 6) is 0.455. The van der Waals surface area contributed by atoms with Crippen LogP contribution < -0.4 is 4.74 Å². The molecule has 1 aliphatic rings. The molecule has 0 bridgehead atoms. The number of hydrogen-bond acceptors (Lipinski definition) is 3. The SMILES string of the molecule is C[C@]1(O)CN(C(=O)c2cccc(Cl)c2)CC[C@@H]1Oc1cccc(Cl)c1. The molecule has 1 aliphatic heterocycles. The molecule has 25 heavy (non-hydrogen) atoms. The number of ether oxygens (including phenoxy) is 1. The highest BCUT2D eigenvalue weighted by Gasteiger charge is 2.41. The maximum atomic E-state index is 12.6. The molecule has 2 atom stereocenters. The normalized spacial score (nSPS) is 23.4. The van der Waals surface area contributed by atoms with E-state index in [2.05, 4.69) is 0 Å². The van der Waals surface area contributed by atoms with Gasteiger partial charge in [0.25, 0.3) is 5.91 Å². The number of β-amino-alcohol motifs (C(OH)–C–C–N with tert-alkyl or cyclic N) is 1. The summed E-state index contributed by atoms with van der Waals surface area (Å²) in [4.78, 5) is 14.3. The molecular formula is C19H19Cl2NO3. The summed E-state index contributed by atoms with van der Waals surface area (Å²) in [5.41, 5.74) is -0.660. The molecular weight excluding hydrogens is 361 g/mol. The number of carbonyl (C=O) groups is 1. The van der Waals surface area contributed by atoms with E-state index >= 15 is 0 Å². The van der Waals surface area contributed by atoms with Crippen LogP contribution in [0.3, 0.4) is 0 Å². The summed E-state index contributed by atoms with van der Waals surface area (Å²) in [5, 5.41) is 11.9. The van der Waals surface area contributed by atoms with E-state index in [1.807, 2.05) is 0 Å². The van der Waals surface area contributed by atoms with Crippen LogP contribution in [0.5, 0.6) is 5.75 Å². The Hall–Kier alpha value is -1.75. The highest BCUT2D eigenvalue weighted by atomic mass is 35.5. The number of amides is 1. The van der Waals surface area contributed by atoms with Crippen molar-refractivity contribution >= 4 is 29.1 Å². The van der Waals surface area contributed by atoms with Gasteiger partial charge in [-0.25, -0.2) is 0 Å². The summed E-state index contributed by atoms with van der Waals surface area (Å²) >= 11 is 11.9. The lowest BCUT2D eigenvalue weighted by atomic mass is 9.91. The summed E-state index contributed by atoms with van der Waals surface area (Å²) in [7, 11) is 0. The first-order valence-electron chi connectivity index (χ1n) is 8.04. The van der Waals surface area contributed by atoms with Gasteiger partial charge in [-0.2, -0.15) is 0 Å². The molecule has 0 aliphatic carbocycles. The summed E-state index contributed by atoms with van der Waals surface area (Å²) < 4.78 is 5.91. The topological polar surface area (TPSA) is 49.8 Å². The molecule has 0 aromatic heterocycles. The first-order chi connectivity index (χ1) is 11.8. The Morgan fingerprint density at radius 1 is 1.20 bits per heavy atom. The van der Waals surface area contributed by atoms with Gasteiger partial charge in [-0.1, -0.05) is 35.3 Å². The zero-order valence-corrected chi connectivity index (χ0v) is 15.3. The van der Waals surface area contributed by atoms with Crippen molar-refractivity contribution in [2.24, 2.45) is 0 Å². The van der Waals surface area contributed by atoms with Crippen LogP contribution in [0, 0.1) is 0 Å². The summed E-state index contributed by atoms with van der Waals surface area (Å²) in [6, 6.07) is 13.9. The molecule has 0 spiro atoms. The van der Waals surface area contributed by atoms with E-state index in [9.17, 15) is 9.90 Å². The van der Waals surface area contributed by atoms with Crippen LogP contribution in [0.2, 0.25) is 10.0 Å². The van der Waals surface area contributed by atoms with Crippen molar-refractivity contribution in [1.82, 2.24) is 4.90 Å². The van der Waals surface area contributed by atoms with Crippen LogP contribution in [-0.4, -0.2) is 40.7 Å². The number of carbonyl (C=O) groups excluding carboxylic acids is 1. The van der Waals surface area contributed by atoms with E-state index in [0.29, 0.717) is 34.3 Å². The number of benzene rings is 2. The van der Waals surface area contributed by atoms with E-state index in [0.717, 1.165) is 0 Å². The lowest BCUT2D eigenvalue weighted by Gasteiger charge is -2.42. The Labute approximate surface area is 156 Å². The summed E-state index contributed by atoms with van der Waals surface area (Å²) in [6.07, 6.45) is 0.0978. The van der Waals surface area contributed by atoms with Crippen molar-refractivity contribution in [1.29, 1.82) is 0 Å². The van der Waals surface area contributed by atoms with E-state index in [1.54, 1.807) is 60.4 Å². The molecule has 2 aromatic carbocycles. The zero-order valence-electron chi connectivity index (χ0n) is 13.8. The third-order valence-corrected chi connectivity index (χ3v) is 4.77. The Bertz CT molecular complexity index is 779. The second-order valence-electron chi connectivity index (χ2n) is 6.45. The fourth-order valence-electron chi connectivity index (χ4n) is 3.02. The fraction of sp³-hybridized carbons (Fsp3) is 0.316. The maximum Gasteiger partial charge on any atom is 0.254 e. The van der Waals surface area contributed by atoms with Gasteiger partial charge in [0.15, 0.2) is 0 Å². The van der Waals surface area contributed by atoms with Crippen LogP contribution in [0.1, 0.15) is 23.7 Å². The van der Waals surface area contributed by atoms with Crippen LogP contribution >= 0.6 is 23.2 Å². The lowest BCUT2D eigenvalue weighted by Crippen LogP contribution is -2.58. The lowest BCUT2D eigenvalue weighted by molar-refractivity contribution is -0.0899. The minimum Gasteiger partial charge on any atom is -0.487 e. The van der Waals surface area contributed by atoms with E-state index in [1.165, 1.54) is 0 Å². The first kappa shape index (κ1) is 18.1. The fourth-order valence-corrected chi connectivity index (χ4v) is 3.39. The molecule has 2 aromatic rings. The van der Waals surface area contributed by atoms with Crippen molar-refractivity contribution < 1.29 is 14.6 Å². The average molecular weight is 380 g/mol. The minimum atomic E-state index is -1.17. The molecule has 4 nitrogen and oxygen atoms in total. The van der Waals surface area contributed by atoms with Gasteiger partial charge in [-0.15, -0.1) is 0 Å². The number of piperidine rings is 1. The highest BCUT2D eigenvalue weighted by Crippen LogP contribution is 2.28. The minimum absolute atomic E-state index is 0.149. The van der Waals surface area contributed by atoms with Crippen molar-refractivity contribution in [2.45, 2.75) is 25.0 Å². The maximum absolute atomic E-state index is 12.6. The van der Waals surface area contributed by atoms with Gasteiger partial charge in [-0.05, 0) is 43.3 Å². The molecule has 1 fully saturated rings. The Morgan fingerprint density at radius 3 is 2.52 bits per heavy atom. The summed E-state index contributed by atoms with van der Waals surface area (Å²) in [6.45, 7) is 2.36. The van der Waals surface area contributed by atoms with E-state index < -0.39 is 11.7 Å². The Balaban J connectivity index is 1.70. The third kappa shape index (κ3) is 4.27. The number of nitrogens with zero attached hydrogens (tertiary/aromatic N) is 1. The van der Waals surface area contributed by atoms with Gasteiger partial charge in [0.2, 0.25) is 0 Å². The van der Waals surface area contributed by atoms with Crippen molar-refractivity contribution in [3.05, 3.63) is 64.1 Å². The smallest absolute Gasteiger partial charge is 0.254 e. The van der Waals surface area contributed by atoms with Crippen molar-refractivity contribution in [3.8, 4) is 5.75 Å².